The van der Waals surface area contributed by atoms with Crippen molar-refractivity contribution < 1.29 is 0 Å². The van der Waals surface area contributed by atoms with Gasteiger partial charge in [-0.2, -0.15) is 0 Å². The van der Waals surface area contributed by atoms with E-state index in [2.05, 4.69) is 11.8 Å². The molecule has 2 rings (SSSR count). The highest BCUT2D eigenvalue weighted by molar-refractivity contribution is 4.88. The van der Waals surface area contributed by atoms with Gasteiger partial charge < -0.3 is 5.73 Å². The van der Waals surface area contributed by atoms with Crippen LogP contribution in [0.4, 0.5) is 0 Å². The molecule has 1 saturated heterocycles. The molecule has 1 heterocycles. The first-order chi connectivity index (χ1) is 7.31. The van der Waals surface area contributed by atoms with E-state index >= 15 is 0 Å². The maximum atomic E-state index is 6.08. The molecule has 3 atom stereocenters. The predicted molar refractivity (Wildman–Crippen MR) is 64.8 cm³/mol. The van der Waals surface area contributed by atoms with Crippen LogP contribution in [0, 0.1) is 5.92 Å². The SMILES string of the molecule is CCC(N)CN1CCCC2CCCCC21. The summed E-state index contributed by atoms with van der Waals surface area (Å²) in [6.45, 7) is 4.64. The second kappa shape index (κ2) is 5.31. The number of piperidine rings is 1. The Balaban J connectivity index is 1.91. The monoisotopic (exact) mass is 210 g/mol. The molecular weight excluding hydrogens is 184 g/mol. The first-order valence-electron chi connectivity index (χ1n) is 6.81. The van der Waals surface area contributed by atoms with E-state index in [1.807, 2.05) is 0 Å². The summed E-state index contributed by atoms with van der Waals surface area (Å²) in [5.41, 5.74) is 6.08. The molecule has 2 N–H and O–H groups in total. The fourth-order valence-corrected chi connectivity index (χ4v) is 3.38. The molecule has 2 aliphatic rings. The molecule has 15 heavy (non-hydrogen) atoms. The molecule has 88 valence electrons. The molecule has 0 aromatic heterocycles. The third kappa shape index (κ3) is 2.73. The summed E-state index contributed by atoms with van der Waals surface area (Å²) >= 11 is 0. The van der Waals surface area contributed by atoms with Crippen LogP contribution in [-0.2, 0) is 0 Å². The smallest absolute Gasteiger partial charge is 0.0165 e. The Hall–Kier alpha value is -0.0800. The van der Waals surface area contributed by atoms with E-state index in [1.54, 1.807) is 0 Å². The lowest BCUT2D eigenvalue weighted by atomic mass is 9.78. The molecule has 1 aliphatic carbocycles. The highest BCUT2D eigenvalue weighted by Gasteiger charge is 2.33. The van der Waals surface area contributed by atoms with Crippen LogP contribution >= 0.6 is 0 Å². The van der Waals surface area contributed by atoms with Gasteiger partial charge in [-0.1, -0.05) is 19.8 Å². The Morgan fingerprint density at radius 1 is 1.20 bits per heavy atom. The van der Waals surface area contributed by atoms with Gasteiger partial charge in [-0.15, -0.1) is 0 Å². The number of hydrogen-bond donors (Lipinski definition) is 1. The van der Waals surface area contributed by atoms with Crippen LogP contribution in [0.15, 0.2) is 0 Å². The largest absolute Gasteiger partial charge is 0.327 e. The molecule has 3 unspecified atom stereocenters. The maximum absolute atomic E-state index is 6.08. The van der Waals surface area contributed by atoms with Gasteiger partial charge in [0.25, 0.3) is 0 Å². The Kier molecular flexibility index (Phi) is 4.04. The summed E-state index contributed by atoms with van der Waals surface area (Å²) in [7, 11) is 0. The number of nitrogens with zero attached hydrogens (tertiary/aromatic N) is 1. The zero-order chi connectivity index (χ0) is 10.7. The summed E-state index contributed by atoms with van der Waals surface area (Å²) in [5, 5.41) is 0. The normalized spacial score (nSPS) is 34.8. The lowest BCUT2D eigenvalue weighted by Crippen LogP contribution is -2.50. The second-order valence-electron chi connectivity index (χ2n) is 5.42. The molecule has 0 bridgehead atoms. The lowest BCUT2D eigenvalue weighted by molar-refractivity contribution is 0.0559. The Morgan fingerprint density at radius 2 is 1.93 bits per heavy atom. The number of nitrogens with two attached hydrogens (primary N) is 1. The minimum Gasteiger partial charge on any atom is -0.327 e. The summed E-state index contributed by atoms with van der Waals surface area (Å²) in [6.07, 6.45) is 9.81. The Bertz CT molecular complexity index is 191. The minimum atomic E-state index is 0.394. The number of rotatable bonds is 3. The quantitative estimate of drug-likeness (QED) is 0.775. The van der Waals surface area contributed by atoms with Crippen molar-refractivity contribution in [2.45, 2.75) is 64.0 Å². The van der Waals surface area contributed by atoms with E-state index < -0.39 is 0 Å². The van der Waals surface area contributed by atoms with Crippen molar-refractivity contribution in [3.05, 3.63) is 0 Å². The van der Waals surface area contributed by atoms with Gasteiger partial charge in [-0.3, -0.25) is 4.90 Å². The number of hydrogen-bond acceptors (Lipinski definition) is 2. The maximum Gasteiger partial charge on any atom is 0.0165 e. The molecule has 2 nitrogen and oxygen atoms in total. The average Bonchev–Trinajstić information content (AvgIpc) is 2.29. The van der Waals surface area contributed by atoms with Crippen LogP contribution in [-0.4, -0.2) is 30.1 Å². The van der Waals surface area contributed by atoms with Crippen LogP contribution < -0.4 is 5.73 Å². The topological polar surface area (TPSA) is 29.3 Å². The third-order valence-corrected chi connectivity index (χ3v) is 4.35. The van der Waals surface area contributed by atoms with Gasteiger partial charge in [-0.05, 0) is 44.6 Å². The van der Waals surface area contributed by atoms with Gasteiger partial charge in [0.15, 0.2) is 0 Å². The molecule has 2 fully saturated rings. The van der Waals surface area contributed by atoms with Crippen LogP contribution in [0.5, 0.6) is 0 Å². The van der Waals surface area contributed by atoms with Crippen LogP contribution in [0.1, 0.15) is 51.9 Å². The van der Waals surface area contributed by atoms with E-state index in [-0.39, 0.29) is 0 Å². The van der Waals surface area contributed by atoms with Gasteiger partial charge in [-0.25, -0.2) is 0 Å². The van der Waals surface area contributed by atoms with Gasteiger partial charge >= 0.3 is 0 Å². The molecule has 1 saturated carbocycles. The standard InChI is InChI=1S/C13H26N2/c1-2-12(14)10-15-9-5-7-11-6-3-4-8-13(11)15/h11-13H,2-10,14H2,1H3. The molecule has 0 aromatic rings. The van der Waals surface area contributed by atoms with Crippen molar-refractivity contribution in [2.75, 3.05) is 13.1 Å². The van der Waals surface area contributed by atoms with Crippen LogP contribution in [0.2, 0.25) is 0 Å². The molecule has 0 amide bonds. The van der Waals surface area contributed by atoms with Crippen LogP contribution in [0.25, 0.3) is 0 Å². The van der Waals surface area contributed by atoms with Crippen molar-refractivity contribution in [2.24, 2.45) is 11.7 Å². The van der Waals surface area contributed by atoms with Crippen LogP contribution in [0.3, 0.4) is 0 Å². The molecular formula is C13H26N2. The number of fused-ring (bicyclic) bond motifs is 1. The fraction of sp³-hybridized carbons (Fsp3) is 1.00. The third-order valence-electron chi connectivity index (χ3n) is 4.35. The first-order valence-corrected chi connectivity index (χ1v) is 6.81. The zero-order valence-corrected chi connectivity index (χ0v) is 10.1. The summed E-state index contributed by atoms with van der Waals surface area (Å²) in [5.74, 6) is 0.997. The average molecular weight is 210 g/mol. The van der Waals surface area contributed by atoms with E-state index in [0.717, 1.165) is 24.9 Å². The molecule has 1 aliphatic heterocycles. The molecule has 0 radical (unpaired) electrons. The molecule has 2 heteroatoms. The van der Waals surface area contributed by atoms with Crippen molar-refractivity contribution in [3.63, 3.8) is 0 Å². The van der Waals surface area contributed by atoms with Crippen molar-refractivity contribution in [1.82, 2.24) is 4.90 Å². The Morgan fingerprint density at radius 3 is 2.73 bits per heavy atom. The van der Waals surface area contributed by atoms with Gasteiger partial charge in [0.2, 0.25) is 0 Å². The molecule has 0 aromatic carbocycles. The Labute approximate surface area is 94.2 Å². The van der Waals surface area contributed by atoms with Crippen molar-refractivity contribution >= 4 is 0 Å². The first kappa shape index (κ1) is 11.4. The van der Waals surface area contributed by atoms with Crippen molar-refractivity contribution in [3.8, 4) is 0 Å². The summed E-state index contributed by atoms with van der Waals surface area (Å²) in [4.78, 5) is 2.70. The lowest BCUT2D eigenvalue weighted by Gasteiger charge is -2.45. The number of likely N-dealkylation sites (tertiary alicyclic amines) is 1. The van der Waals surface area contributed by atoms with E-state index in [0.29, 0.717) is 6.04 Å². The van der Waals surface area contributed by atoms with Gasteiger partial charge in [0.05, 0.1) is 0 Å². The second-order valence-corrected chi connectivity index (χ2v) is 5.42. The molecule has 0 spiro atoms. The highest BCUT2D eigenvalue weighted by Crippen LogP contribution is 2.35. The fourth-order valence-electron chi connectivity index (χ4n) is 3.38. The summed E-state index contributed by atoms with van der Waals surface area (Å²) < 4.78 is 0. The van der Waals surface area contributed by atoms with E-state index in [9.17, 15) is 0 Å². The van der Waals surface area contributed by atoms with E-state index in [4.69, 9.17) is 5.73 Å². The van der Waals surface area contributed by atoms with Crippen molar-refractivity contribution in [1.29, 1.82) is 0 Å². The van der Waals surface area contributed by atoms with E-state index in [1.165, 1.54) is 45.1 Å². The zero-order valence-electron chi connectivity index (χ0n) is 10.1. The van der Waals surface area contributed by atoms with Gasteiger partial charge in [0, 0.05) is 18.6 Å². The highest BCUT2D eigenvalue weighted by atomic mass is 15.2. The summed E-state index contributed by atoms with van der Waals surface area (Å²) in [6, 6.07) is 1.27. The predicted octanol–water partition coefficient (Wildman–Crippen LogP) is 2.38. The van der Waals surface area contributed by atoms with Gasteiger partial charge in [0.1, 0.15) is 0 Å². The minimum absolute atomic E-state index is 0.394.